The summed E-state index contributed by atoms with van der Waals surface area (Å²) in [5, 5.41) is 3.54. The Kier molecular flexibility index (Phi) is 6.04. The van der Waals surface area contributed by atoms with Crippen molar-refractivity contribution in [3.8, 4) is 0 Å². The number of carbonyl (C=O) groups is 1. The van der Waals surface area contributed by atoms with Gasteiger partial charge in [-0.1, -0.05) is 26.7 Å². The van der Waals surface area contributed by atoms with E-state index in [4.69, 9.17) is 0 Å². The first-order valence-electron chi connectivity index (χ1n) is 10.8. The van der Waals surface area contributed by atoms with Crippen LogP contribution < -0.4 is 5.32 Å². The minimum Gasteiger partial charge on any atom is -0.355 e. The van der Waals surface area contributed by atoms with Gasteiger partial charge in [0.05, 0.1) is 0 Å². The lowest BCUT2D eigenvalue weighted by atomic mass is 9.65. The van der Waals surface area contributed by atoms with E-state index in [1.54, 1.807) is 0 Å². The van der Waals surface area contributed by atoms with Crippen molar-refractivity contribution in [2.45, 2.75) is 58.9 Å². The van der Waals surface area contributed by atoms with Crippen LogP contribution in [0, 0.1) is 11.3 Å². The van der Waals surface area contributed by atoms with Crippen molar-refractivity contribution in [2.75, 3.05) is 52.9 Å². The highest BCUT2D eigenvalue weighted by atomic mass is 16.2. The summed E-state index contributed by atoms with van der Waals surface area (Å²) in [6, 6.07) is 0. The number of nitrogens with one attached hydrogen (secondary N) is 1. The smallest absolute Gasteiger partial charge is 0.225 e. The Morgan fingerprint density at radius 2 is 1.70 bits per heavy atom. The number of carbonyl (C=O) groups excluding carboxylic acids is 1. The summed E-state index contributed by atoms with van der Waals surface area (Å²) in [5.74, 6) is 1.73. The van der Waals surface area contributed by atoms with Gasteiger partial charge in [0.15, 0.2) is 5.96 Å². The number of hydrogen-bond donors (Lipinski definition) is 1. The lowest BCUT2D eigenvalue weighted by molar-refractivity contribution is -0.137. The molecule has 2 saturated heterocycles. The van der Waals surface area contributed by atoms with Gasteiger partial charge in [0.1, 0.15) is 0 Å². The highest BCUT2D eigenvalue weighted by Gasteiger charge is 2.53. The normalized spacial score (nSPS) is 26.2. The van der Waals surface area contributed by atoms with Crippen molar-refractivity contribution in [1.29, 1.82) is 0 Å². The molecule has 0 aromatic heterocycles. The molecule has 6 heteroatoms. The van der Waals surface area contributed by atoms with Gasteiger partial charge in [-0.05, 0) is 26.7 Å². The van der Waals surface area contributed by atoms with Crippen LogP contribution in [0.4, 0.5) is 0 Å². The molecule has 1 aliphatic carbocycles. The van der Waals surface area contributed by atoms with Crippen LogP contribution in [0.15, 0.2) is 4.99 Å². The Bertz CT molecular complexity index is 557. The molecule has 1 N–H and O–H groups in total. The van der Waals surface area contributed by atoms with Crippen LogP contribution in [0.5, 0.6) is 0 Å². The van der Waals surface area contributed by atoms with Crippen LogP contribution in [-0.4, -0.2) is 85.0 Å². The molecule has 27 heavy (non-hydrogen) atoms. The van der Waals surface area contributed by atoms with Gasteiger partial charge in [-0.3, -0.25) is 14.7 Å². The third-order valence-electron chi connectivity index (χ3n) is 7.45. The van der Waals surface area contributed by atoms with Gasteiger partial charge in [-0.2, -0.15) is 0 Å². The topological polar surface area (TPSA) is 51.2 Å². The molecule has 0 bridgehead atoms. The number of hydrogen-bond acceptors (Lipinski definition) is 3. The standard InChI is InChI=1S/C21H39N5O/c1-20(2)16-26(21(20,3)4)19(22-5)23-10-11-24-12-14-25(15-13-24)18(27)17-8-6-7-9-17/h17H,6-16H2,1-5H3,(H,22,23). The molecule has 0 aromatic carbocycles. The molecule has 3 aliphatic rings. The van der Waals surface area contributed by atoms with Crippen LogP contribution in [0.1, 0.15) is 53.4 Å². The van der Waals surface area contributed by atoms with Crippen molar-refractivity contribution >= 4 is 11.9 Å². The van der Waals surface area contributed by atoms with Crippen LogP contribution in [0.3, 0.4) is 0 Å². The number of aliphatic imine (C=N–C) groups is 1. The first kappa shape index (κ1) is 20.4. The first-order valence-corrected chi connectivity index (χ1v) is 10.8. The summed E-state index contributed by atoms with van der Waals surface area (Å²) in [6.45, 7) is 15.9. The minimum absolute atomic E-state index is 0.126. The third-order valence-corrected chi connectivity index (χ3v) is 7.45. The Morgan fingerprint density at radius 1 is 1.07 bits per heavy atom. The molecule has 0 spiro atoms. The Labute approximate surface area is 165 Å². The lowest BCUT2D eigenvalue weighted by Crippen LogP contribution is -2.72. The fourth-order valence-corrected chi connectivity index (χ4v) is 4.64. The summed E-state index contributed by atoms with van der Waals surface area (Å²) in [7, 11) is 1.87. The summed E-state index contributed by atoms with van der Waals surface area (Å²) in [4.78, 5) is 24.0. The van der Waals surface area contributed by atoms with Crippen LogP contribution >= 0.6 is 0 Å². The zero-order valence-electron chi connectivity index (χ0n) is 18.1. The zero-order valence-corrected chi connectivity index (χ0v) is 18.1. The predicted octanol–water partition coefficient (Wildman–Crippen LogP) is 2.02. The number of guanidine groups is 1. The third kappa shape index (κ3) is 4.10. The average Bonchev–Trinajstić information content (AvgIpc) is 3.18. The Balaban J connectivity index is 1.38. The molecule has 3 fully saturated rings. The molecule has 0 atom stereocenters. The molecular formula is C21H39N5O. The highest BCUT2D eigenvalue weighted by molar-refractivity contribution is 5.82. The fraction of sp³-hybridized carbons (Fsp3) is 0.905. The SMILES string of the molecule is CN=C(NCCN1CCN(C(=O)C2CCCC2)CC1)N1CC(C)(C)C1(C)C. The van der Waals surface area contributed by atoms with Crippen LogP contribution in [0.25, 0.3) is 0 Å². The van der Waals surface area contributed by atoms with Crippen molar-refractivity contribution in [3.05, 3.63) is 0 Å². The van der Waals surface area contributed by atoms with E-state index >= 15 is 0 Å². The van der Waals surface area contributed by atoms with E-state index in [9.17, 15) is 4.79 Å². The molecule has 3 rings (SSSR count). The number of rotatable bonds is 4. The zero-order chi connectivity index (χ0) is 19.7. The predicted molar refractivity (Wildman–Crippen MR) is 111 cm³/mol. The van der Waals surface area contributed by atoms with Gasteiger partial charge < -0.3 is 15.1 Å². The summed E-state index contributed by atoms with van der Waals surface area (Å²) in [5.41, 5.74) is 0.438. The number of nitrogens with zero attached hydrogens (tertiary/aromatic N) is 4. The van der Waals surface area contributed by atoms with E-state index in [1.807, 2.05) is 7.05 Å². The molecule has 154 valence electrons. The van der Waals surface area contributed by atoms with E-state index in [1.165, 1.54) is 12.8 Å². The molecule has 1 amide bonds. The van der Waals surface area contributed by atoms with E-state index in [2.05, 4.69) is 52.7 Å². The second kappa shape index (κ2) is 7.98. The molecule has 2 aliphatic heterocycles. The largest absolute Gasteiger partial charge is 0.355 e. The molecule has 1 saturated carbocycles. The molecule has 6 nitrogen and oxygen atoms in total. The van der Waals surface area contributed by atoms with Gasteiger partial charge in [0, 0.05) is 69.7 Å². The molecule has 0 radical (unpaired) electrons. The highest BCUT2D eigenvalue weighted by Crippen LogP contribution is 2.46. The molecule has 0 unspecified atom stereocenters. The minimum atomic E-state index is 0.126. The van der Waals surface area contributed by atoms with E-state index in [-0.39, 0.29) is 5.54 Å². The van der Waals surface area contributed by atoms with E-state index in [0.29, 0.717) is 17.2 Å². The quantitative estimate of drug-likeness (QED) is 0.602. The number of likely N-dealkylation sites (tertiary alicyclic amines) is 1. The summed E-state index contributed by atoms with van der Waals surface area (Å²) >= 11 is 0. The van der Waals surface area contributed by atoms with Crippen LogP contribution in [0.2, 0.25) is 0 Å². The first-order chi connectivity index (χ1) is 12.8. The maximum absolute atomic E-state index is 12.6. The van der Waals surface area contributed by atoms with Crippen molar-refractivity contribution < 1.29 is 4.79 Å². The number of piperazine rings is 1. The lowest BCUT2D eigenvalue weighted by Gasteiger charge is -2.62. The Morgan fingerprint density at radius 3 is 2.22 bits per heavy atom. The molecule has 2 heterocycles. The second-order valence-corrected chi connectivity index (χ2v) is 9.65. The van der Waals surface area contributed by atoms with E-state index < -0.39 is 0 Å². The van der Waals surface area contributed by atoms with Gasteiger partial charge in [0.2, 0.25) is 5.91 Å². The number of amides is 1. The molecule has 0 aromatic rings. The van der Waals surface area contributed by atoms with Crippen LogP contribution in [-0.2, 0) is 4.79 Å². The maximum atomic E-state index is 12.6. The van der Waals surface area contributed by atoms with Crippen molar-refractivity contribution in [3.63, 3.8) is 0 Å². The molecular weight excluding hydrogens is 338 g/mol. The summed E-state index contributed by atoms with van der Waals surface area (Å²) < 4.78 is 0. The monoisotopic (exact) mass is 377 g/mol. The van der Waals surface area contributed by atoms with Gasteiger partial charge in [0.25, 0.3) is 0 Å². The maximum Gasteiger partial charge on any atom is 0.225 e. The second-order valence-electron chi connectivity index (χ2n) is 9.65. The van der Waals surface area contributed by atoms with Gasteiger partial charge in [-0.25, -0.2) is 0 Å². The summed E-state index contributed by atoms with van der Waals surface area (Å²) in [6.07, 6.45) is 4.67. The van der Waals surface area contributed by atoms with Gasteiger partial charge in [-0.15, -0.1) is 0 Å². The fourth-order valence-electron chi connectivity index (χ4n) is 4.64. The van der Waals surface area contributed by atoms with E-state index in [0.717, 1.165) is 64.6 Å². The average molecular weight is 378 g/mol. The Hall–Kier alpha value is -1.30. The van der Waals surface area contributed by atoms with Crippen molar-refractivity contribution in [1.82, 2.24) is 20.0 Å². The van der Waals surface area contributed by atoms with Crippen molar-refractivity contribution in [2.24, 2.45) is 16.3 Å². The van der Waals surface area contributed by atoms with Gasteiger partial charge >= 0.3 is 0 Å².